The standard InChI is InChI=1S/C19H22ClF2N3O3S/c1-11(9-25(18(26)27)19(2,3)4)28-15-8-14(20)23-17(24-15)29-10-12-6-5-7-13(21)16(12)22/h5-8,11H,9-10H2,1-4H3,(H,26,27)/t11-/m1/s1. The molecular formula is C19H22ClF2N3O3S. The van der Waals surface area contributed by atoms with E-state index in [0.29, 0.717) is 0 Å². The number of hydrogen-bond donors (Lipinski definition) is 1. The number of aromatic nitrogens is 2. The van der Waals surface area contributed by atoms with Crippen molar-refractivity contribution in [3.8, 4) is 5.88 Å². The van der Waals surface area contributed by atoms with E-state index in [-0.39, 0.29) is 34.1 Å². The molecule has 0 unspecified atom stereocenters. The predicted octanol–water partition coefficient (Wildman–Crippen LogP) is 5.25. The van der Waals surface area contributed by atoms with Gasteiger partial charge in [0.25, 0.3) is 0 Å². The molecule has 0 bridgehead atoms. The summed E-state index contributed by atoms with van der Waals surface area (Å²) in [6.07, 6.45) is -1.56. The van der Waals surface area contributed by atoms with E-state index in [9.17, 15) is 18.7 Å². The van der Waals surface area contributed by atoms with E-state index in [1.165, 1.54) is 23.1 Å². The van der Waals surface area contributed by atoms with Gasteiger partial charge in [-0.1, -0.05) is 35.5 Å². The van der Waals surface area contributed by atoms with Gasteiger partial charge < -0.3 is 9.84 Å². The lowest BCUT2D eigenvalue weighted by Gasteiger charge is -2.34. The second-order valence-corrected chi connectivity index (χ2v) is 8.64. The van der Waals surface area contributed by atoms with E-state index in [4.69, 9.17) is 16.3 Å². The Morgan fingerprint density at radius 2 is 2.03 bits per heavy atom. The minimum Gasteiger partial charge on any atom is -0.473 e. The molecule has 1 aromatic heterocycles. The summed E-state index contributed by atoms with van der Waals surface area (Å²) in [4.78, 5) is 21.0. The summed E-state index contributed by atoms with van der Waals surface area (Å²) >= 11 is 7.09. The molecule has 1 N–H and O–H groups in total. The van der Waals surface area contributed by atoms with Gasteiger partial charge in [0.2, 0.25) is 5.88 Å². The van der Waals surface area contributed by atoms with Crippen molar-refractivity contribution in [2.45, 2.75) is 50.2 Å². The van der Waals surface area contributed by atoms with Gasteiger partial charge in [-0.2, -0.15) is 4.98 Å². The van der Waals surface area contributed by atoms with Crippen molar-refractivity contribution in [1.82, 2.24) is 14.9 Å². The summed E-state index contributed by atoms with van der Waals surface area (Å²) in [7, 11) is 0. The van der Waals surface area contributed by atoms with Gasteiger partial charge in [-0.3, -0.25) is 4.90 Å². The van der Waals surface area contributed by atoms with Crippen LogP contribution in [0, 0.1) is 11.6 Å². The summed E-state index contributed by atoms with van der Waals surface area (Å²) in [5.74, 6) is -1.56. The minimum absolute atomic E-state index is 0.107. The van der Waals surface area contributed by atoms with Crippen LogP contribution in [-0.4, -0.2) is 44.3 Å². The van der Waals surface area contributed by atoms with E-state index < -0.39 is 29.4 Å². The molecule has 0 aliphatic carbocycles. The lowest BCUT2D eigenvalue weighted by Crippen LogP contribution is -2.49. The highest BCUT2D eigenvalue weighted by atomic mass is 35.5. The quantitative estimate of drug-likeness (QED) is 0.356. The van der Waals surface area contributed by atoms with Crippen LogP contribution in [0.2, 0.25) is 5.15 Å². The number of halogens is 3. The number of carbonyl (C=O) groups is 1. The van der Waals surface area contributed by atoms with Crippen molar-refractivity contribution in [2.75, 3.05) is 6.54 Å². The zero-order chi connectivity index (χ0) is 21.8. The maximum Gasteiger partial charge on any atom is 0.407 e. The Labute approximate surface area is 177 Å². The van der Waals surface area contributed by atoms with E-state index in [1.807, 2.05) is 0 Å². The lowest BCUT2D eigenvalue weighted by atomic mass is 10.1. The number of benzene rings is 1. The van der Waals surface area contributed by atoms with Crippen LogP contribution in [0.3, 0.4) is 0 Å². The molecule has 2 rings (SSSR count). The van der Waals surface area contributed by atoms with Crippen molar-refractivity contribution >= 4 is 29.5 Å². The molecule has 0 saturated heterocycles. The third-order valence-electron chi connectivity index (χ3n) is 3.84. The van der Waals surface area contributed by atoms with Crippen LogP contribution in [0.25, 0.3) is 0 Å². The highest BCUT2D eigenvalue weighted by Gasteiger charge is 2.28. The number of hydrogen-bond acceptors (Lipinski definition) is 5. The number of ether oxygens (including phenoxy) is 1. The van der Waals surface area contributed by atoms with Crippen LogP contribution in [0.15, 0.2) is 29.4 Å². The van der Waals surface area contributed by atoms with E-state index in [0.717, 1.165) is 17.8 Å². The first-order valence-electron chi connectivity index (χ1n) is 8.75. The van der Waals surface area contributed by atoms with Crippen molar-refractivity contribution < 1.29 is 23.4 Å². The van der Waals surface area contributed by atoms with Crippen LogP contribution in [0.5, 0.6) is 5.88 Å². The van der Waals surface area contributed by atoms with Gasteiger partial charge in [0.15, 0.2) is 16.8 Å². The van der Waals surface area contributed by atoms with Crippen molar-refractivity contribution in [2.24, 2.45) is 0 Å². The van der Waals surface area contributed by atoms with Gasteiger partial charge >= 0.3 is 6.09 Å². The molecule has 1 atom stereocenters. The van der Waals surface area contributed by atoms with Gasteiger partial charge in [-0.05, 0) is 33.8 Å². The van der Waals surface area contributed by atoms with Crippen LogP contribution >= 0.6 is 23.4 Å². The molecule has 29 heavy (non-hydrogen) atoms. The Kier molecular flexibility index (Phi) is 7.65. The van der Waals surface area contributed by atoms with Crippen LogP contribution in [-0.2, 0) is 5.75 Å². The topological polar surface area (TPSA) is 75.6 Å². The summed E-state index contributed by atoms with van der Waals surface area (Å²) in [5, 5.41) is 9.75. The lowest BCUT2D eigenvalue weighted by molar-refractivity contribution is 0.0680. The highest BCUT2D eigenvalue weighted by Crippen LogP contribution is 2.26. The van der Waals surface area contributed by atoms with Crippen molar-refractivity contribution in [3.63, 3.8) is 0 Å². The fourth-order valence-electron chi connectivity index (χ4n) is 2.44. The molecule has 0 saturated carbocycles. The fourth-order valence-corrected chi connectivity index (χ4v) is 3.49. The third kappa shape index (κ3) is 6.71. The first kappa shape index (κ1) is 23.2. The van der Waals surface area contributed by atoms with E-state index in [1.54, 1.807) is 27.7 Å². The van der Waals surface area contributed by atoms with Gasteiger partial charge in [0, 0.05) is 22.9 Å². The summed E-state index contributed by atoms with van der Waals surface area (Å²) in [5.41, 5.74) is -0.417. The molecule has 1 heterocycles. The van der Waals surface area contributed by atoms with Gasteiger partial charge in [0.05, 0.1) is 6.54 Å². The largest absolute Gasteiger partial charge is 0.473 e. The third-order valence-corrected chi connectivity index (χ3v) is 4.93. The van der Waals surface area contributed by atoms with Crippen LogP contribution in [0.4, 0.5) is 13.6 Å². The highest BCUT2D eigenvalue weighted by molar-refractivity contribution is 7.98. The maximum absolute atomic E-state index is 13.8. The fraction of sp³-hybridized carbons (Fsp3) is 0.421. The molecule has 0 spiro atoms. The molecule has 1 aromatic carbocycles. The molecule has 0 fully saturated rings. The second kappa shape index (κ2) is 9.58. The number of amides is 1. The van der Waals surface area contributed by atoms with Gasteiger partial charge in [-0.15, -0.1) is 0 Å². The van der Waals surface area contributed by atoms with Gasteiger partial charge in [-0.25, -0.2) is 18.6 Å². The summed E-state index contributed by atoms with van der Waals surface area (Å²) in [6.45, 7) is 7.20. The first-order chi connectivity index (χ1) is 13.5. The smallest absolute Gasteiger partial charge is 0.407 e. The summed E-state index contributed by atoms with van der Waals surface area (Å²) in [6, 6.07) is 5.35. The number of rotatable bonds is 7. The molecule has 2 aromatic rings. The summed E-state index contributed by atoms with van der Waals surface area (Å²) < 4.78 is 32.8. The Morgan fingerprint density at radius 1 is 1.34 bits per heavy atom. The van der Waals surface area contributed by atoms with E-state index in [2.05, 4.69) is 9.97 Å². The molecule has 1 amide bonds. The molecule has 0 aliphatic heterocycles. The number of thioether (sulfide) groups is 1. The number of carboxylic acid groups (broad SMARTS) is 1. The Bertz CT molecular complexity index is 880. The SMILES string of the molecule is C[C@H](CN(C(=O)O)C(C)(C)C)Oc1cc(Cl)nc(SCc2cccc(F)c2F)n1. The molecular weight excluding hydrogens is 424 g/mol. The molecule has 158 valence electrons. The predicted molar refractivity (Wildman–Crippen MR) is 108 cm³/mol. The number of nitrogens with zero attached hydrogens (tertiary/aromatic N) is 3. The Morgan fingerprint density at radius 3 is 2.66 bits per heavy atom. The molecule has 10 heteroatoms. The van der Waals surface area contributed by atoms with Crippen LogP contribution < -0.4 is 4.74 Å². The van der Waals surface area contributed by atoms with Crippen molar-refractivity contribution in [1.29, 1.82) is 0 Å². The maximum atomic E-state index is 13.8. The zero-order valence-electron chi connectivity index (χ0n) is 16.4. The average molecular weight is 446 g/mol. The Hall–Kier alpha value is -2.13. The molecule has 0 aliphatic rings. The van der Waals surface area contributed by atoms with Gasteiger partial charge in [0.1, 0.15) is 11.3 Å². The van der Waals surface area contributed by atoms with Crippen LogP contribution in [0.1, 0.15) is 33.3 Å². The van der Waals surface area contributed by atoms with Crippen molar-refractivity contribution in [3.05, 3.63) is 46.6 Å². The average Bonchev–Trinajstić information content (AvgIpc) is 2.59. The Balaban J connectivity index is 2.08. The second-order valence-electron chi connectivity index (χ2n) is 7.31. The monoisotopic (exact) mass is 445 g/mol. The molecule has 0 radical (unpaired) electrons. The van der Waals surface area contributed by atoms with E-state index >= 15 is 0 Å². The molecule has 6 nitrogen and oxygen atoms in total. The first-order valence-corrected chi connectivity index (χ1v) is 10.1. The normalized spacial score (nSPS) is 12.5. The minimum atomic E-state index is -1.05. The zero-order valence-corrected chi connectivity index (χ0v) is 18.0.